The Bertz CT molecular complexity index is 429. The quantitative estimate of drug-likeness (QED) is 0.629. The molecule has 1 heterocycles. The van der Waals surface area contributed by atoms with Crippen LogP contribution in [0.25, 0.3) is 0 Å². The molecule has 0 saturated heterocycles. The van der Waals surface area contributed by atoms with Crippen molar-refractivity contribution < 1.29 is 13.6 Å². The van der Waals surface area contributed by atoms with E-state index in [-0.39, 0.29) is 27.7 Å². The Labute approximate surface area is 92.9 Å². The maximum Gasteiger partial charge on any atom is 0.265 e. The summed E-state index contributed by atoms with van der Waals surface area (Å²) < 4.78 is 25.0. The van der Waals surface area contributed by atoms with Gasteiger partial charge in [0.2, 0.25) is 0 Å². The first-order valence-corrected chi connectivity index (χ1v) is 4.99. The van der Waals surface area contributed by atoms with Crippen LogP contribution in [0.5, 0.6) is 0 Å². The van der Waals surface area contributed by atoms with E-state index in [1.807, 2.05) is 0 Å². The summed E-state index contributed by atoms with van der Waals surface area (Å²) in [6, 6.07) is 1.68. The fraction of sp³-hybridized carbons (Fsp3) is 0.222. The molecule has 1 aromatic heterocycles. The maximum absolute atomic E-state index is 12.5. The molecule has 3 nitrogen and oxygen atoms in total. The van der Waals surface area contributed by atoms with Crippen LogP contribution in [0.2, 0.25) is 0 Å². The van der Waals surface area contributed by atoms with Crippen LogP contribution in [0.15, 0.2) is 6.20 Å². The minimum atomic E-state index is -2.71. The Balaban J connectivity index is 3.49. The topological polar surface area (TPSA) is 53.8 Å². The highest BCUT2D eigenvalue weighted by atomic mass is 79.9. The molecule has 0 aliphatic carbocycles. The average molecular weight is 275 g/mol. The molecule has 1 aromatic rings. The molecule has 0 radical (unpaired) electrons. The van der Waals surface area contributed by atoms with E-state index < -0.39 is 6.43 Å². The fourth-order valence-electron chi connectivity index (χ4n) is 1.13. The lowest BCUT2D eigenvalue weighted by Gasteiger charge is -2.08. The van der Waals surface area contributed by atoms with Crippen LogP contribution in [0.4, 0.5) is 8.78 Å². The van der Waals surface area contributed by atoms with Crippen LogP contribution < -0.4 is 0 Å². The zero-order chi connectivity index (χ0) is 11.4. The van der Waals surface area contributed by atoms with E-state index in [0.717, 1.165) is 6.20 Å². The molecule has 0 aromatic carbocycles. The molecule has 0 N–H and O–H groups in total. The number of alkyl halides is 3. The Morgan fingerprint density at radius 2 is 2.33 bits per heavy atom. The number of nitrogens with zero attached hydrogens (tertiary/aromatic N) is 2. The normalized spacial score (nSPS) is 10.1. The summed E-state index contributed by atoms with van der Waals surface area (Å²) in [5.41, 5.74) is -0.421. The van der Waals surface area contributed by atoms with Crippen molar-refractivity contribution in [1.29, 1.82) is 5.26 Å². The molecule has 0 spiro atoms. The fourth-order valence-corrected chi connectivity index (χ4v) is 1.76. The van der Waals surface area contributed by atoms with Crippen LogP contribution in [-0.2, 0) is 5.33 Å². The Kier molecular flexibility index (Phi) is 3.86. The van der Waals surface area contributed by atoms with Crippen molar-refractivity contribution in [1.82, 2.24) is 4.98 Å². The molecule has 0 aliphatic heterocycles. The van der Waals surface area contributed by atoms with Crippen molar-refractivity contribution in [3.63, 3.8) is 0 Å². The number of rotatable bonds is 3. The average Bonchev–Trinajstić information content (AvgIpc) is 2.26. The van der Waals surface area contributed by atoms with Gasteiger partial charge >= 0.3 is 0 Å². The third kappa shape index (κ3) is 2.18. The summed E-state index contributed by atoms with van der Waals surface area (Å²) in [6.45, 7) is 0. The monoisotopic (exact) mass is 274 g/mol. The zero-order valence-corrected chi connectivity index (χ0v) is 8.96. The lowest BCUT2D eigenvalue weighted by Crippen LogP contribution is -2.03. The van der Waals surface area contributed by atoms with Crippen molar-refractivity contribution in [3.8, 4) is 6.07 Å². The number of aldehydes is 1. The lowest BCUT2D eigenvalue weighted by atomic mass is 10.0. The molecule has 0 aliphatic rings. The van der Waals surface area contributed by atoms with E-state index in [0.29, 0.717) is 6.29 Å². The van der Waals surface area contributed by atoms with Crippen molar-refractivity contribution in [2.45, 2.75) is 11.8 Å². The van der Waals surface area contributed by atoms with Crippen LogP contribution in [-0.4, -0.2) is 11.3 Å². The number of hydrogen-bond acceptors (Lipinski definition) is 3. The number of aromatic nitrogens is 1. The summed E-state index contributed by atoms with van der Waals surface area (Å²) in [4.78, 5) is 14.2. The third-order valence-electron chi connectivity index (χ3n) is 1.85. The van der Waals surface area contributed by atoms with Crippen LogP contribution in [0.1, 0.15) is 33.6 Å². The van der Waals surface area contributed by atoms with Gasteiger partial charge in [-0.2, -0.15) is 5.26 Å². The molecule has 0 fully saturated rings. The molecular weight excluding hydrogens is 270 g/mol. The van der Waals surface area contributed by atoms with E-state index in [1.54, 1.807) is 6.07 Å². The second-order valence-electron chi connectivity index (χ2n) is 2.62. The second-order valence-corrected chi connectivity index (χ2v) is 3.18. The summed E-state index contributed by atoms with van der Waals surface area (Å²) in [7, 11) is 0. The number of pyridine rings is 1. The SMILES string of the molecule is N#Cc1ncc(C(F)F)c(CBr)c1C=O. The van der Waals surface area contributed by atoms with E-state index in [1.165, 1.54) is 0 Å². The predicted molar refractivity (Wildman–Crippen MR) is 51.9 cm³/mol. The summed E-state index contributed by atoms with van der Waals surface area (Å²) in [5.74, 6) is 0. The number of carbonyl (C=O) groups is 1. The van der Waals surface area contributed by atoms with Gasteiger partial charge in [0.25, 0.3) is 6.43 Å². The van der Waals surface area contributed by atoms with Crippen molar-refractivity contribution in [2.75, 3.05) is 0 Å². The highest BCUT2D eigenvalue weighted by molar-refractivity contribution is 9.08. The Morgan fingerprint density at radius 1 is 1.67 bits per heavy atom. The van der Waals surface area contributed by atoms with Crippen LogP contribution in [0.3, 0.4) is 0 Å². The number of hydrogen-bond donors (Lipinski definition) is 0. The summed E-state index contributed by atoms with van der Waals surface area (Å²) in [5, 5.41) is 8.71. The van der Waals surface area contributed by atoms with Crippen LogP contribution in [0, 0.1) is 11.3 Å². The number of halogens is 3. The van der Waals surface area contributed by atoms with Crippen molar-refractivity contribution in [3.05, 3.63) is 28.6 Å². The molecule has 1 rings (SSSR count). The first kappa shape index (κ1) is 11.7. The van der Waals surface area contributed by atoms with Gasteiger partial charge in [-0.05, 0) is 5.56 Å². The van der Waals surface area contributed by atoms with Gasteiger partial charge in [-0.1, -0.05) is 15.9 Å². The molecule has 0 bridgehead atoms. The molecule has 78 valence electrons. The van der Waals surface area contributed by atoms with E-state index in [4.69, 9.17) is 5.26 Å². The number of carbonyl (C=O) groups excluding carboxylic acids is 1. The Hall–Kier alpha value is -1.35. The van der Waals surface area contributed by atoms with Gasteiger partial charge in [0, 0.05) is 17.1 Å². The standard InChI is InChI=1S/C9H5BrF2N2O/c10-1-5-6(9(11)12)3-14-8(2-13)7(5)4-15/h3-4,9H,1H2. The van der Waals surface area contributed by atoms with E-state index >= 15 is 0 Å². The maximum atomic E-state index is 12.5. The van der Waals surface area contributed by atoms with Crippen molar-refractivity contribution >= 4 is 22.2 Å². The molecule has 0 amide bonds. The van der Waals surface area contributed by atoms with E-state index in [9.17, 15) is 13.6 Å². The predicted octanol–water partition coefficient (Wildman–Crippen LogP) is 2.60. The molecular formula is C9H5BrF2N2O. The molecule has 0 atom stereocenters. The van der Waals surface area contributed by atoms with Gasteiger partial charge < -0.3 is 0 Å². The smallest absolute Gasteiger partial charge is 0.265 e. The minimum Gasteiger partial charge on any atom is -0.298 e. The molecule has 15 heavy (non-hydrogen) atoms. The Morgan fingerprint density at radius 3 is 2.73 bits per heavy atom. The van der Waals surface area contributed by atoms with Gasteiger partial charge in [0.1, 0.15) is 6.07 Å². The van der Waals surface area contributed by atoms with Crippen LogP contribution >= 0.6 is 15.9 Å². The van der Waals surface area contributed by atoms with Gasteiger partial charge in [-0.3, -0.25) is 4.79 Å². The highest BCUT2D eigenvalue weighted by Crippen LogP contribution is 2.27. The van der Waals surface area contributed by atoms with Gasteiger partial charge in [0.15, 0.2) is 12.0 Å². The number of nitriles is 1. The zero-order valence-electron chi connectivity index (χ0n) is 7.38. The van der Waals surface area contributed by atoms with Gasteiger partial charge in [0.05, 0.1) is 5.56 Å². The lowest BCUT2D eigenvalue weighted by molar-refractivity contribution is 0.112. The second kappa shape index (κ2) is 4.94. The minimum absolute atomic E-state index is 0.0767. The largest absolute Gasteiger partial charge is 0.298 e. The third-order valence-corrected chi connectivity index (χ3v) is 2.41. The first-order valence-electron chi connectivity index (χ1n) is 3.86. The molecule has 6 heteroatoms. The molecule has 0 unspecified atom stereocenters. The van der Waals surface area contributed by atoms with Gasteiger partial charge in [-0.15, -0.1) is 0 Å². The summed E-state index contributed by atoms with van der Waals surface area (Å²) in [6.07, 6.45) is -1.42. The van der Waals surface area contributed by atoms with E-state index in [2.05, 4.69) is 20.9 Å². The summed E-state index contributed by atoms with van der Waals surface area (Å²) >= 11 is 3.00. The van der Waals surface area contributed by atoms with Crippen molar-refractivity contribution in [2.24, 2.45) is 0 Å². The first-order chi connectivity index (χ1) is 7.15. The molecule has 0 saturated carbocycles. The highest BCUT2D eigenvalue weighted by Gasteiger charge is 2.19. The van der Waals surface area contributed by atoms with Gasteiger partial charge in [-0.25, -0.2) is 13.8 Å².